The van der Waals surface area contributed by atoms with Crippen LogP contribution in [-0.4, -0.2) is 51.7 Å². The lowest BCUT2D eigenvalue weighted by Gasteiger charge is -2.38. The molecule has 0 aromatic carbocycles. The Kier molecular flexibility index (Phi) is 4.68. The van der Waals surface area contributed by atoms with Gasteiger partial charge in [-0.25, -0.2) is 4.98 Å². The van der Waals surface area contributed by atoms with Crippen molar-refractivity contribution in [2.45, 2.75) is 52.1 Å². The van der Waals surface area contributed by atoms with Gasteiger partial charge in [-0.2, -0.15) is 4.52 Å². The molecule has 0 bridgehead atoms. The Bertz CT molecular complexity index is 730. The molecule has 0 unspecified atom stereocenters. The van der Waals surface area contributed by atoms with E-state index >= 15 is 0 Å². The number of fused-ring (bicyclic) bond motifs is 1. The van der Waals surface area contributed by atoms with Crippen molar-refractivity contribution in [3.63, 3.8) is 0 Å². The number of aryl methyl sites for hydroxylation is 1. The van der Waals surface area contributed by atoms with Crippen molar-refractivity contribution in [2.24, 2.45) is 0 Å². The van der Waals surface area contributed by atoms with Gasteiger partial charge in [0.25, 0.3) is 5.56 Å². The maximum Gasteiger partial charge on any atom is 0.275 e. The molecule has 0 amide bonds. The molecule has 0 N–H and O–H groups in total. The summed E-state index contributed by atoms with van der Waals surface area (Å²) in [6.45, 7) is 8.75. The predicted octanol–water partition coefficient (Wildman–Crippen LogP) is 2.02. The minimum absolute atomic E-state index is 0.0858. The quantitative estimate of drug-likeness (QED) is 0.856. The Morgan fingerprint density at radius 2 is 2.09 bits per heavy atom. The van der Waals surface area contributed by atoms with Gasteiger partial charge in [0.1, 0.15) is 0 Å². The average molecular weight is 335 g/mol. The molecule has 2 aromatic rings. The minimum Gasteiger partial charge on any atom is -0.347 e. The van der Waals surface area contributed by atoms with E-state index in [1.807, 2.05) is 6.92 Å². The fourth-order valence-corrected chi connectivity index (χ4v) is 4.07. The van der Waals surface area contributed by atoms with Crippen LogP contribution in [0.1, 0.15) is 39.3 Å². The van der Waals surface area contributed by atoms with E-state index in [2.05, 4.69) is 40.8 Å². The topological polar surface area (TPSA) is 53.7 Å². The third-order valence-electron chi connectivity index (χ3n) is 4.73. The Balaban J connectivity index is 1.80. The van der Waals surface area contributed by atoms with Crippen LogP contribution in [0, 0.1) is 0 Å². The van der Waals surface area contributed by atoms with E-state index < -0.39 is 0 Å². The van der Waals surface area contributed by atoms with Gasteiger partial charge in [-0.15, -0.1) is 5.10 Å². The van der Waals surface area contributed by atoms with E-state index in [0.29, 0.717) is 17.0 Å². The first kappa shape index (κ1) is 16.4. The lowest BCUT2D eigenvalue weighted by Crippen LogP contribution is -2.45. The first-order valence-electron chi connectivity index (χ1n) is 8.36. The van der Waals surface area contributed by atoms with Crippen LogP contribution in [0.4, 0.5) is 5.13 Å². The largest absolute Gasteiger partial charge is 0.347 e. The van der Waals surface area contributed by atoms with E-state index in [0.717, 1.165) is 43.2 Å². The molecule has 0 radical (unpaired) electrons. The molecule has 0 saturated carbocycles. The molecule has 2 aromatic heterocycles. The van der Waals surface area contributed by atoms with Crippen molar-refractivity contribution in [3.8, 4) is 0 Å². The average Bonchev–Trinajstić information content (AvgIpc) is 2.98. The van der Waals surface area contributed by atoms with Crippen molar-refractivity contribution >= 4 is 21.4 Å². The highest BCUT2D eigenvalue weighted by atomic mass is 32.1. The van der Waals surface area contributed by atoms with Crippen LogP contribution < -0.4 is 10.5 Å². The summed E-state index contributed by atoms with van der Waals surface area (Å²) in [5.74, 6) is 0. The molecule has 1 saturated heterocycles. The Morgan fingerprint density at radius 1 is 1.39 bits per heavy atom. The van der Waals surface area contributed by atoms with Crippen LogP contribution in [0.5, 0.6) is 0 Å². The zero-order valence-corrected chi connectivity index (χ0v) is 15.1. The number of hydrogen-bond acceptors (Lipinski definition) is 6. The van der Waals surface area contributed by atoms with Crippen molar-refractivity contribution in [1.29, 1.82) is 0 Å². The SMILES string of the molecule is CCc1cc(=O)n2nc(N(C)C3CCN(C(C)C)CC3)sc2n1. The summed E-state index contributed by atoms with van der Waals surface area (Å²) in [5.41, 5.74) is 0.746. The Labute approximate surface area is 140 Å². The van der Waals surface area contributed by atoms with Crippen LogP contribution in [0.2, 0.25) is 0 Å². The van der Waals surface area contributed by atoms with Gasteiger partial charge in [0.15, 0.2) is 0 Å². The number of piperidine rings is 1. The van der Waals surface area contributed by atoms with Crippen molar-refractivity contribution in [3.05, 3.63) is 22.1 Å². The number of anilines is 1. The molecule has 0 atom stereocenters. The van der Waals surface area contributed by atoms with E-state index in [4.69, 9.17) is 0 Å². The molecule has 1 aliphatic heterocycles. The van der Waals surface area contributed by atoms with Crippen LogP contribution in [0.15, 0.2) is 10.9 Å². The predicted molar refractivity (Wildman–Crippen MR) is 94.6 cm³/mol. The number of rotatable bonds is 4. The molecule has 0 aliphatic carbocycles. The molecule has 1 fully saturated rings. The molecule has 126 valence electrons. The van der Waals surface area contributed by atoms with Gasteiger partial charge in [0.2, 0.25) is 10.1 Å². The van der Waals surface area contributed by atoms with Gasteiger partial charge in [-0.05, 0) is 33.1 Å². The molecule has 3 heterocycles. The number of hydrogen-bond donors (Lipinski definition) is 0. The van der Waals surface area contributed by atoms with Crippen LogP contribution in [-0.2, 0) is 6.42 Å². The summed E-state index contributed by atoms with van der Waals surface area (Å²) in [7, 11) is 2.08. The summed E-state index contributed by atoms with van der Waals surface area (Å²) in [5, 5.41) is 5.37. The molecule has 6 nitrogen and oxygen atoms in total. The van der Waals surface area contributed by atoms with Gasteiger partial charge in [-0.1, -0.05) is 18.3 Å². The first-order chi connectivity index (χ1) is 11.0. The van der Waals surface area contributed by atoms with Gasteiger partial charge in [-0.3, -0.25) is 4.79 Å². The summed E-state index contributed by atoms with van der Waals surface area (Å²) in [4.78, 5) is 22.1. The van der Waals surface area contributed by atoms with E-state index in [1.165, 1.54) is 15.9 Å². The fraction of sp³-hybridized carbons (Fsp3) is 0.688. The Hall–Kier alpha value is -1.47. The number of likely N-dealkylation sites (tertiary alicyclic amines) is 1. The van der Waals surface area contributed by atoms with Crippen molar-refractivity contribution in [1.82, 2.24) is 19.5 Å². The maximum atomic E-state index is 12.1. The third kappa shape index (κ3) is 3.26. The van der Waals surface area contributed by atoms with Gasteiger partial charge in [0, 0.05) is 44.0 Å². The summed E-state index contributed by atoms with van der Waals surface area (Å²) in [6, 6.07) is 2.67. The lowest BCUT2D eigenvalue weighted by molar-refractivity contribution is 0.171. The van der Waals surface area contributed by atoms with Crippen molar-refractivity contribution in [2.75, 3.05) is 25.0 Å². The highest BCUT2D eigenvalue weighted by Gasteiger charge is 2.25. The molecule has 1 aliphatic rings. The first-order valence-corrected chi connectivity index (χ1v) is 9.18. The normalized spacial score (nSPS) is 17.3. The second-order valence-corrected chi connectivity index (χ2v) is 7.42. The van der Waals surface area contributed by atoms with E-state index in [1.54, 1.807) is 6.07 Å². The maximum absolute atomic E-state index is 12.1. The van der Waals surface area contributed by atoms with Gasteiger partial charge in [0.05, 0.1) is 0 Å². The standard InChI is InChI=1S/C16H25N5OS/c1-5-12-10-14(22)21-15(17-12)23-16(18-21)19(4)13-6-8-20(9-7-13)11(2)3/h10-11,13H,5-9H2,1-4H3. The third-order valence-corrected chi connectivity index (χ3v) is 5.73. The summed E-state index contributed by atoms with van der Waals surface area (Å²) in [6.07, 6.45) is 3.03. The number of aromatic nitrogens is 3. The summed E-state index contributed by atoms with van der Waals surface area (Å²) < 4.78 is 1.43. The van der Waals surface area contributed by atoms with Crippen LogP contribution in [0.3, 0.4) is 0 Å². The Morgan fingerprint density at radius 3 is 2.70 bits per heavy atom. The second kappa shape index (κ2) is 6.57. The van der Waals surface area contributed by atoms with Gasteiger partial charge < -0.3 is 9.80 Å². The monoisotopic (exact) mass is 335 g/mol. The van der Waals surface area contributed by atoms with Gasteiger partial charge >= 0.3 is 0 Å². The van der Waals surface area contributed by atoms with E-state index in [-0.39, 0.29) is 5.56 Å². The smallest absolute Gasteiger partial charge is 0.275 e. The molecular weight excluding hydrogens is 310 g/mol. The molecule has 23 heavy (non-hydrogen) atoms. The summed E-state index contributed by atoms with van der Waals surface area (Å²) >= 11 is 1.50. The van der Waals surface area contributed by atoms with Crippen LogP contribution >= 0.6 is 11.3 Å². The molecule has 0 spiro atoms. The molecule has 3 rings (SSSR count). The zero-order chi connectivity index (χ0) is 16.6. The fourth-order valence-electron chi connectivity index (χ4n) is 3.12. The highest BCUT2D eigenvalue weighted by Crippen LogP contribution is 2.26. The molecular formula is C16H25N5OS. The number of nitrogens with zero attached hydrogens (tertiary/aromatic N) is 5. The minimum atomic E-state index is -0.0858. The van der Waals surface area contributed by atoms with Crippen molar-refractivity contribution < 1.29 is 0 Å². The molecule has 7 heteroatoms. The second-order valence-electron chi connectivity index (χ2n) is 6.49. The van der Waals surface area contributed by atoms with Crippen LogP contribution in [0.25, 0.3) is 4.96 Å². The lowest BCUT2D eigenvalue weighted by atomic mass is 10.0. The highest BCUT2D eigenvalue weighted by molar-refractivity contribution is 7.20. The van der Waals surface area contributed by atoms with E-state index in [9.17, 15) is 4.79 Å². The zero-order valence-electron chi connectivity index (χ0n) is 14.3.